The van der Waals surface area contributed by atoms with E-state index in [-0.39, 0.29) is 19.2 Å². The van der Waals surface area contributed by atoms with Gasteiger partial charge in [0.15, 0.2) is 0 Å². The van der Waals surface area contributed by atoms with E-state index in [1.54, 1.807) is 12.2 Å². The molecule has 0 radical (unpaired) electrons. The van der Waals surface area contributed by atoms with Gasteiger partial charge in [-0.15, -0.1) is 0 Å². The third-order valence-corrected chi connectivity index (χ3v) is 1.01. The third-order valence-electron chi connectivity index (χ3n) is 1.01. The van der Waals surface area contributed by atoms with Gasteiger partial charge in [0.2, 0.25) is 0 Å². The maximum Gasteiger partial charge on any atom is 0.489 e. The molecule has 0 aromatic heterocycles. The summed E-state index contributed by atoms with van der Waals surface area (Å²) in [5.74, 6) is -0.349. The topological polar surface area (TPSA) is 61.8 Å². The van der Waals surface area contributed by atoms with E-state index in [0.29, 0.717) is 0 Å². The number of hydrogen-bond acceptors (Lipinski definition) is 5. The van der Waals surface area contributed by atoms with E-state index in [0.717, 1.165) is 0 Å². The Bertz CT molecular complexity index is 201. The molecule has 0 saturated carbocycles. The lowest BCUT2D eigenvalue weighted by Crippen LogP contribution is -2.05. The zero-order valence-corrected chi connectivity index (χ0v) is 7.61. The van der Waals surface area contributed by atoms with Crippen molar-refractivity contribution < 1.29 is 23.7 Å². The molecule has 13 heavy (non-hydrogen) atoms. The zero-order chi connectivity index (χ0) is 10.1. The molecule has 0 amide bonds. The second-order valence-corrected chi connectivity index (χ2v) is 2.04. The zero-order valence-electron chi connectivity index (χ0n) is 7.61. The van der Waals surface area contributed by atoms with Crippen LogP contribution in [0.1, 0.15) is 6.92 Å². The number of hydrogen-bond donors (Lipinski definition) is 0. The molecule has 0 unspecified atom stereocenters. The molecule has 0 bridgehead atoms. The van der Waals surface area contributed by atoms with Gasteiger partial charge in [0.1, 0.15) is 13.2 Å². The van der Waals surface area contributed by atoms with Crippen LogP contribution in [-0.2, 0) is 18.9 Å². The average molecular weight is 186 g/mol. The van der Waals surface area contributed by atoms with Crippen molar-refractivity contribution in [2.45, 2.75) is 6.92 Å². The molecule has 0 spiro atoms. The molecule has 0 aromatic rings. The summed E-state index contributed by atoms with van der Waals surface area (Å²) >= 11 is 0. The quantitative estimate of drug-likeness (QED) is 0.345. The molecular weight excluding hydrogens is 175 g/mol. The highest BCUT2D eigenvalue weighted by Crippen LogP contribution is 1.84. The van der Waals surface area contributed by atoms with E-state index in [9.17, 15) is 9.59 Å². The van der Waals surface area contributed by atoms with Crippen molar-refractivity contribution in [3.63, 3.8) is 0 Å². The fourth-order valence-electron chi connectivity index (χ4n) is 0.477. The minimum absolute atomic E-state index is 0.105. The monoisotopic (exact) mass is 186 g/mol. The van der Waals surface area contributed by atoms with Gasteiger partial charge in [0.25, 0.3) is 0 Å². The molecule has 0 saturated heterocycles. The number of carbonyl (C=O) groups excluding carboxylic acids is 2. The predicted octanol–water partition coefficient (Wildman–Crippen LogP) is -0.193. The van der Waals surface area contributed by atoms with Crippen molar-refractivity contribution in [1.82, 2.24) is 0 Å². The highest BCUT2D eigenvalue weighted by molar-refractivity contribution is 6.04. The summed E-state index contributed by atoms with van der Waals surface area (Å²) < 4.78 is 13.3. The Hall–Kier alpha value is -1.46. The van der Waals surface area contributed by atoms with Gasteiger partial charge in [-0.05, 0) is 12.2 Å². The van der Waals surface area contributed by atoms with Crippen LogP contribution in [0.15, 0.2) is 12.2 Å². The van der Waals surface area contributed by atoms with E-state index in [1.807, 2.05) is 0 Å². The lowest BCUT2D eigenvalue weighted by atomic mass is 10.5. The molecule has 6 heteroatoms. The van der Waals surface area contributed by atoms with Gasteiger partial charge >= 0.3 is 20.2 Å². The number of carbonyl (C=O) groups is 2. The molecule has 72 valence electrons. The summed E-state index contributed by atoms with van der Waals surface area (Å²) in [5.41, 5.74) is 0. The summed E-state index contributed by atoms with van der Waals surface area (Å²) in [7, 11) is 1.23. The van der Waals surface area contributed by atoms with Gasteiger partial charge in [0.05, 0.1) is 0 Å². The Morgan fingerprint density at radius 2 is 1.77 bits per heavy atom. The van der Waals surface area contributed by atoms with Crippen LogP contribution in [0.25, 0.3) is 0 Å². The van der Waals surface area contributed by atoms with Crippen LogP contribution in [0.2, 0.25) is 0 Å². The Morgan fingerprint density at radius 3 is 2.23 bits per heavy atom. The van der Waals surface area contributed by atoms with Gasteiger partial charge in [0, 0.05) is 6.92 Å². The van der Waals surface area contributed by atoms with Crippen molar-refractivity contribution >= 4 is 20.2 Å². The summed E-state index contributed by atoms with van der Waals surface area (Å²) in [6, 6.07) is 0. The minimum atomic E-state index is -0.739. The van der Waals surface area contributed by atoms with E-state index in [2.05, 4.69) is 14.1 Å². The van der Waals surface area contributed by atoms with Gasteiger partial charge in [-0.3, -0.25) is 4.79 Å². The van der Waals surface area contributed by atoms with Crippen molar-refractivity contribution in [2.24, 2.45) is 0 Å². The van der Waals surface area contributed by atoms with E-state index in [4.69, 9.17) is 0 Å². The maximum atomic E-state index is 10.4. The number of esters is 1. The highest BCUT2D eigenvalue weighted by Gasteiger charge is 1.94. The molecule has 5 nitrogen and oxygen atoms in total. The first kappa shape index (κ1) is 11.5. The summed E-state index contributed by atoms with van der Waals surface area (Å²) in [5, 5.41) is 0. The molecule has 0 aliphatic rings. The van der Waals surface area contributed by atoms with Crippen LogP contribution in [0.4, 0.5) is 4.79 Å². The Labute approximate surface area is 77.1 Å². The first-order valence-electron chi connectivity index (χ1n) is 3.66. The first-order valence-corrected chi connectivity index (χ1v) is 3.66. The van der Waals surface area contributed by atoms with Crippen LogP contribution in [0.3, 0.4) is 0 Å². The molecule has 0 rings (SSSR count). The van der Waals surface area contributed by atoms with Gasteiger partial charge < -0.3 is 14.1 Å². The lowest BCUT2D eigenvalue weighted by Gasteiger charge is -1.98. The van der Waals surface area contributed by atoms with E-state index < -0.39 is 6.16 Å². The van der Waals surface area contributed by atoms with Gasteiger partial charge in [-0.2, -0.15) is 0 Å². The summed E-state index contributed by atoms with van der Waals surface area (Å²) in [4.78, 5) is 20.7. The Balaban J connectivity index is 3.31. The third kappa shape index (κ3) is 8.45. The van der Waals surface area contributed by atoms with Crippen molar-refractivity contribution in [2.75, 3.05) is 13.2 Å². The molecule has 0 fully saturated rings. The molecule has 0 aromatic carbocycles. The van der Waals surface area contributed by atoms with Gasteiger partial charge in [-0.25, -0.2) is 4.79 Å². The predicted molar refractivity (Wildman–Crippen MR) is 46.8 cm³/mol. The number of rotatable bonds is 4. The lowest BCUT2D eigenvalue weighted by molar-refractivity contribution is -0.139. The SMILES string of the molecule is BOC(=O)OC/C=C\COC(C)=O. The van der Waals surface area contributed by atoms with Crippen LogP contribution >= 0.6 is 0 Å². The molecule has 0 N–H and O–H groups in total. The molecule has 0 heterocycles. The second-order valence-electron chi connectivity index (χ2n) is 2.04. The Morgan fingerprint density at radius 1 is 1.23 bits per heavy atom. The van der Waals surface area contributed by atoms with E-state index >= 15 is 0 Å². The highest BCUT2D eigenvalue weighted by atomic mass is 16.7. The van der Waals surface area contributed by atoms with Crippen LogP contribution in [-0.4, -0.2) is 33.4 Å². The fourth-order valence-corrected chi connectivity index (χ4v) is 0.477. The van der Waals surface area contributed by atoms with Crippen molar-refractivity contribution in [3.8, 4) is 0 Å². The maximum absolute atomic E-state index is 10.4. The Kier molecular flexibility index (Phi) is 6.40. The second kappa shape index (κ2) is 7.21. The largest absolute Gasteiger partial charge is 0.513 e. The standard InChI is InChI=1S/C7H11BO5/c1-6(9)11-4-2-3-5-12-7(10)13-8/h2-3H,4-5,8H2,1H3/b3-2-. The van der Waals surface area contributed by atoms with Crippen LogP contribution in [0.5, 0.6) is 0 Å². The summed E-state index contributed by atoms with van der Waals surface area (Å²) in [6.07, 6.45) is 2.39. The molecule has 0 aliphatic heterocycles. The van der Waals surface area contributed by atoms with Crippen LogP contribution in [0, 0.1) is 0 Å². The fraction of sp³-hybridized carbons (Fsp3) is 0.429. The molecule has 0 atom stereocenters. The molecule has 0 aliphatic carbocycles. The van der Waals surface area contributed by atoms with Crippen LogP contribution < -0.4 is 0 Å². The minimum Gasteiger partial charge on any atom is -0.513 e. The smallest absolute Gasteiger partial charge is 0.489 e. The number of ether oxygens (including phenoxy) is 2. The summed E-state index contributed by atoms with van der Waals surface area (Å²) in [6.45, 7) is 1.60. The average Bonchev–Trinajstić information content (AvgIpc) is 2.10. The normalized spacial score (nSPS) is 9.62. The first-order chi connectivity index (χ1) is 6.16. The molecular formula is C7H11BO5. The van der Waals surface area contributed by atoms with Crippen molar-refractivity contribution in [1.29, 1.82) is 0 Å². The van der Waals surface area contributed by atoms with Crippen molar-refractivity contribution in [3.05, 3.63) is 12.2 Å². The van der Waals surface area contributed by atoms with Gasteiger partial charge in [-0.1, -0.05) is 0 Å². The van der Waals surface area contributed by atoms with E-state index in [1.165, 1.54) is 15.0 Å².